The van der Waals surface area contributed by atoms with E-state index in [4.69, 9.17) is 14.6 Å². The molecule has 0 saturated carbocycles. The zero-order valence-electron chi connectivity index (χ0n) is 15.0. The molecule has 0 aliphatic heterocycles. The van der Waals surface area contributed by atoms with Crippen LogP contribution in [0.1, 0.15) is 11.1 Å². The summed E-state index contributed by atoms with van der Waals surface area (Å²) < 4.78 is 10.6. The molecule has 0 heterocycles. The number of hydrogen-bond acceptors (Lipinski definition) is 4. The van der Waals surface area contributed by atoms with Gasteiger partial charge in [0.2, 0.25) is 0 Å². The maximum atomic E-state index is 5.36. The van der Waals surface area contributed by atoms with Gasteiger partial charge < -0.3 is 9.47 Å². The first-order valence-electron chi connectivity index (χ1n) is 8.42. The molecule has 0 aliphatic rings. The minimum Gasteiger partial charge on any atom is -0.493 e. The summed E-state index contributed by atoms with van der Waals surface area (Å²) in [5, 5.41) is 6.68. The molecule has 0 spiro atoms. The van der Waals surface area contributed by atoms with Gasteiger partial charge in [0.1, 0.15) is 0 Å². The molecule has 0 amide bonds. The van der Waals surface area contributed by atoms with Gasteiger partial charge >= 0.3 is 0 Å². The van der Waals surface area contributed by atoms with Crippen molar-refractivity contribution in [1.82, 2.24) is 0 Å². The van der Waals surface area contributed by atoms with Crippen LogP contribution in [0.3, 0.4) is 0 Å². The summed E-state index contributed by atoms with van der Waals surface area (Å²) in [7, 11) is 3.26. The molecule has 0 bridgehead atoms. The van der Waals surface area contributed by atoms with Crippen LogP contribution in [0.4, 0.5) is 5.69 Å². The molecule has 4 heteroatoms. The summed E-state index contributed by atoms with van der Waals surface area (Å²) in [5.74, 6) is 1.39. The van der Waals surface area contributed by atoms with Crippen LogP contribution in [-0.2, 0) is 6.54 Å². The van der Waals surface area contributed by atoms with E-state index >= 15 is 0 Å². The average molecular weight is 346 g/mol. The Morgan fingerprint density at radius 2 is 1.46 bits per heavy atom. The largest absolute Gasteiger partial charge is 0.493 e. The van der Waals surface area contributed by atoms with E-state index < -0.39 is 0 Å². The summed E-state index contributed by atoms with van der Waals surface area (Å²) in [6.07, 6.45) is 1.83. The highest BCUT2D eigenvalue weighted by Gasteiger charge is 2.07. The fraction of sp³-hybridized carbons (Fsp3) is 0.136. The van der Waals surface area contributed by atoms with Crippen molar-refractivity contribution >= 4 is 11.9 Å². The van der Waals surface area contributed by atoms with Crippen LogP contribution in [0.15, 0.2) is 84.0 Å². The first kappa shape index (κ1) is 17.5. The molecule has 3 rings (SSSR count). The van der Waals surface area contributed by atoms with E-state index in [0.29, 0.717) is 18.0 Å². The zero-order valence-corrected chi connectivity index (χ0v) is 15.0. The predicted octanol–water partition coefficient (Wildman–Crippen LogP) is 4.74. The van der Waals surface area contributed by atoms with E-state index in [0.717, 1.165) is 11.3 Å². The summed E-state index contributed by atoms with van der Waals surface area (Å²) in [5.41, 5.74) is 3.17. The number of anilines is 1. The zero-order chi connectivity index (χ0) is 18.2. The van der Waals surface area contributed by atoms with Crippen LogP contribution in [0, 0.1) is 0 Å². The molecule has 0 aliphatic carbocycles. The van der Waals surface area contributed by atoms with E-state index in [1.807, 2.05) is 65.8 Å². The molecular weight excluding hydrogens is 324 g/mol. The molecule has 3 aromatic rings. The van der Waals surface area contributed by atoms with Crippen molar-refractivity contribution in [2.45, 2.75) is 6.54 Å². The molecule has 0 atom stereocenters. The smallest absolute Gasteiger partial charge is 0.161 e. The Hall–Kier alpha value is -3.27. The van der Waals surface area contributed by atoms with E-state index in [9.17, 15) is 0 Å². The first-order chi connectivity index (χ1) is 12.8. The number of hydrogen-bond donors (Lipinski definition) is 0. The van der Waals surface area contributed by atoms with E-state index in [2.05, 4.69) is 24.3 Å². The third-order valence-electron chi connectivity index (χ3n) is 3.98. The van der Waals surface area contributed by atoms with Gasteiger partial charge in [-0.3, -0.25) is 5.01 Å². The Balaban J connectivity index is 1.86. The lowest BCUT2D eigenvalue weighted by Gasteiger charge is -2.19. The summed E-state index contributed by atoms with van der Waals surface area (Å²) in [4.78, 5) is 0. The summed E-state index contributed by atoms with van der Waals surface area (Å²) in [6.45, 7) is 0.689. The van der Waals surface area contributed by atoms with Gasteiger partial charge in [0.25, 0.3) is 0 Å². The second-order valence-corrected chi connectivity index (χ2v) is 5.74. The quantitative estimate of drug-likeness (QED) is 0.457. The van der Waals surface area contributed by atoms with Crippen LogP contribution >= 0.6 is 0 Å². The molecule has 0 aromatic heterocycles. The molecular formula is C22H22N2O2. The molecule has 4 nitrogen and oxygen atoms in total. The standard InChI is InChI=1S/C22H22N2O2/c1-25-21-14-13-19(15-22(21)26-2)16-23-24(20-11-7-4-8-12-20)17-18-9-5-3-6-10-18/h3-16H,17H2,1-2H3/b23-16-. The van der Waals surface area contributed by atoms with Gasteiger partial charge in [0.15, 0.2) is 11.5 Å². The van der Waals surface area contributed by atoms with Crippen molar-refractivity contribution in [3.63, 3.8) is 0 Å². The van der Waals surface area contributed by atoms with Crippen LogP contribution in [0.2, 0.25) is 0 Å². The van der Waals surface area contributed by atoms with Gasteiger partial charge in [-0.15, -0.1) is 0 Å². The van der Waals surface area contributed by atoms with Crippen LogP contribution < -0.4 is 14.5 Å². The number of ether oxygens (including phenoxy) is 2. The first-order valence-corrected chi connectivity index (χ1v) is 8.42. The lowest BCUT2D eigenvalue weighted by atomic mass is 10.2. The molecule has 0 saturated heterocycles. The molecule has 132 valence electrons. The highest BCUT2D eigenvalue weighted by atomic mass is 16.5. The Bertz CT molecular complexity index is 849. The molecule has 26 heavy (non-hydrogen) atoms. The van der Waals surface area contributed by atoms with E-state index in [1.54, 1.807) is 14.2 Å². The van der Waals surface area contributed by atoms with Crippen LogP contribution in [-0.4, -0.2) is 20.4 Å². The number of nitrogens with zero attached hydrogens (tertiary/aromatic N) is 2. The van der Waals surface area contributed by atoms with Crippen molar-refractivity contribution in [2.75, 3.05) is 19.2 Å². The fourth-order valence-corrected chi connectivity index (χ4v) is 2.62. The Kier molecular flexibility index (Phi) is 5.88. The van der Waals surface area contributed by atoms with Crippen molar-refractivity contribution < 1.29 is 9.47 Å². The van der Waals surface area contributed by atoms with Gasteiger partial charge in [-0.1, -0.05) is 48.5 Å². The second-order valence-electron chi connectivity index (χ2n) is 5.74. The van der Waals surface area contributed by atoms with Crippen LogP contribution in [0.25, 0.3) is 0 Å². The van der Waals surface area contributed by atoms with Crippen molar-refractivity contribution in [2.24, 2.45) is 5.10 Å². The Morgan fingerprint density at radius 1 is 0.808 bits per heavy atom. The summed E-state index contributed by atoms with van der Waals surface area (Å²) in [6, 6.07) is 26.2. The lowest BCUT2D eigenvalue weighted by molar-refractivity contribution is 0.355. The van der Waals surface area contributed by atoms with Gasteiger partial charge in [-0.2, -0.15) is 5.10 Å². The van der Waals surface area contributed by atoms with Crippen molar-refractivity contribution in [3.8, 4) is 11.5 Å². The Morgan fingerprint density at radius 3 is 2.12 bits per heavy atom. The topological polar surface area (TPSA) is 34.1 Å². The number of benzene rings is 3. The lowest BCUT2D eigenvalue weighted by Crippen LogP contribution is -2.16. The SMILES string of the molecule is COc1ccc(/C=N\N(Cc2ccccc2)c2ccccc2)cc1OC. The molecule has 3 aromatic carbocycles. The van der Waals surface area contributed by atoms with Gasteiger partial charge in [0, 0.05) is 0 Å². The third kappa shape index (κ3) is 4.42. The highest BCUT2D eigenvalue weighted by molar-refractivity contribution is 5.81. The van der Waals surface area contributed by atoms with Crippen LogP contribution in [0.5, 0.6) is 11.5 Å². The minimum atomic E-state index is 0.686. The maximum absolute atomic E-state index is 5.36. The maximum Gasteiger partial charge on any atom is 0.161 e. The second kappa shape index (κ2) is 8.72. The number of hydrazone groups is 1. The summed E-state index contributed by atoms with van der Waals surface area (Å²) >= 11 is 0. The van der Waals surface area contributed by atoms with Gasteiger partial charge in [-0.05, 0) is 41.5 Å². The number of para-hydroxylation sites is 1. The fourth-order valence-electron chi connectivity index (χ4n) is 2.62. The monoisotopic (exact) mass is 346 g/mol. The third-order valence-corrected chi connectivity index (χ3v) is 3.98. The molecule has 0 N–H and O–H groups in total. The van der Waals surface area contributed by atoms with E-state index in [-0.39, 0.29) is 0 Å². The van der Waals surface area contributed by atoms with Crippen molar-refractivity contribution in [3.05, 3.63) is 90.0 Å². The van der Waals surface area contributed by atoms with Gasteiger partial charge in [-0.25, -0.2) is 0 Å². The average Bonchev–Trinajstić information content (AvgIpc) is 2.72. The number of methoxy groups -OCH3 is 2. The highest BCUT2D eigenvalue weighted by Crippen LogP contribution is 2.27. The molecule has 0 radical (unpaired) electrons. The van der Waals surface area contributed by atoms with Crippen molar-refractivity contribution in [1.29, 1.82) is 0 Å². The van der Waals surface area contributed by atoms with Gasteiger partial charge in [0.05, 0.1) is 32.7 Å². The molecule has 0 fully saturated rings. The predicted molar refractivity (Wildman–Crippen MR) is 106 cm³/mol. The minimum absolute atomic E-state index is 0.686. The van der Waals surface area contributed by atoms with E-state index in [1.165, 1.54) is 5.56 Å². The normalized spacial score (nSPS) is 10.7. The Labute approximate surface area is 154 Å². The number of rotatable bonds is 7. The molecule has 0 unspecified atom stereocenters.